The van der Waals surface area contributed by atoms with Crippen LogP contribution in [0.25, 0.3) is 0 Å². The van der Waals surface area contributed by atoms with Gasteiger partial charge in [0, 0.05) is 38.2 Å². The maximum atomic E-state index is 12.0. The summed E-state index contributed by atoms with van der Waals surface area (Å²) < 4.78 is 5.59. The average molecular weight is 421 g/mol. The summed E-state index contributed by atoms with van der Waals surface area (Å²) in [6, 6.07) is 14.9. The Morgan fingerprint density at radius 2 is 1.74 bits per heavy atom. The molecule has 0 aromatic heterocycles. The predicted molar refractivity (Wildman–Crippen MR) is 123 cm³/mol. The zero-order valence-electron chi connectivity index (χ0n) is 18.0. The number of para-hydroxylation sites is 1. The molecule has 31 heavy (non-hydrogen) atoms. The molecule has 0 saturated heterocycles. The number of amides is 1. The molecule has 2 aromatic rings. The Kier molecular flexibility index (Phi) is 9.43. The fourth-order valence-corrected chi connectivity index (χ4v) is 3.42. The quantitative estimate of drug-likeness (QED) is 0.384. The number of rotatable bonds is 11. The van der Waals surface area contributed by atoms with Gasteiger partial charge in [-0.1, -0.05) is 61.4 Å². The molecule has 1 fully saturated rings. The molecule has 0 atom stereocenters. The van der Waals surface area contributed by atoms with Crippen molar-refractivity contribution in [3.63, 3.8) is 0 Å². The Hall–Kier alpha value is -2.81. The van der Waals surface area contributed by atoms with Crippen molar-refractivity contribution in [2.45, 2.75) is 38.6 Å². The zero-order valence-corrected chi connectivity index (χ0v) is 18.0. The minimum atomic E-state index is 0.0303. The second-order valence-electron chi connectivity index (χ2n) is 7.90. The molecule has 164 valence electrons. The van der Waals surface area contributed by atoms with Crippen LogP contribution in [0.15, 0.2) is 48.5 Å². The molecule has 3 N–H and O–H groups in total. The van der Waals surface area contributed by atoms with E-state index in [1.54, 1.807) is 18.2 Å². The zero-order chi connectivity index (χ0) is 21.7. The Bertz CT molecular complexity index is 897. The van der Waals surface area contributed by atoms with Gasteiger partial charge >= 0.3 is 0 Å². The fraction of sp³-hybridized carbons (Fsp3) is 0.423. The molecule has 0 unspecified atom stereocenters. The van der Waals surface area contributed by atoms with Gasteiger partial charge in [0.15, 0.2) is 0 Å². The summed E-state index contributed by atoms with van der Waals surface area (Å²) in [7, 11) is 0. The van der Waals surface area contributed by atoms with Gasteiger partial charge < -0.3 is 20.5 Å². The van der Waals surface area contributed by atoms with Gasteiger partial charge in [0.1, 0.15) is 5.75 Å². The van der Waals surface area contributed by atoms with Crippen LogP contribution in [0.4, 0.5) is 0 Å². The number of ether oxygens (including phenoxy) is 1. The Labute approximate surface area is 185 Å². The van der Waals surface area contributed by atoms with Crippen LogP contribution < -0.4 is 10.6 Å². The number of carbonyl (C=O) groups is 1. The molecule has 5 nitrogen and oxygen atoms in total. The molecular formula is C26H32N2O3. The molecule has 2 aromatic carbocycles. The fourth-order valence-electron chi connectivity index (χ4n) is 3.42. The first-order valence-corrected chi connectivity index (χ1v) is 11.2. The molecule has 1 amide bonds. The smallest absolute Gasteiger partial charge is 0.221 e. The van der Waals surface area contributed by atoms with E-state index < -0.39 is 0 Å². The van der Waals surface area contributed by atoms with Gasteiger partial charge in [0.25, 0.3) is 0 Å². The van der Waals surface area contributed by atoms with E-state index in [-0.39, 0.29) is 11.7 Å². The van der Waals surface area contributed by atoms with E-state index in [1.807, 2.05) is 30.3 Å². The number of nitrogens with one attached hydrogen (secondary N) is 2. The van der Waals surface area contributed by atoms with Gasteiger partial charge in [-0.25, -0.2) is 0 Å². The first-order chi connectivity index (χ1) is 15.2. The van der Waals surface area contributed by atoms with E-state index in [9.17, 15) is 9.90 Å². The van der Waals surface area contributed by atoms with Crippen molar-refractivity contribution in [2.24, 2.45) is 5.92 Å². The standard InChI is InChI=1S/C26H32N2O3/c29-25-11-4-3-9-23(25)13-12-22-8-1-2-10-24(22)20-27-16-14-26(30)28-17-19-31-18-15-21-6-5-7-21/h1-4,8-11,21,27,29H,5-7,14-20H2,(H,28,30). The van der Waals surface area contributed by atoms with E-state index in [4.69, 9.17) is 4.74 Å². The molecular weight excluding hydrogens is 388 g/mol. The summed E-state index contributed by atoms with van der Waals surface area (Å²) in [4.78, 5) is 12.0. The highest BCUT2D eigenvalue weighted by atomic mass is 16.5. The lowest BCUT2D eigenvalue weighted by Gasteiger charge is -2.24. The Morgan fingerprint density at radius 3 is 2.52 bits per heavy atom. The van der Waals surface area contributed by atoms with Gasteiger partial charge in [-0.2, -0.15) is 0 Å². The lowest BCUT2D eigenvalue weighted by atomic mass is 9.83. The van der Waals surface area contributed by atoms with Crippen LogP contribution in [0.3, 0.4) is 0 Å². The van der Waals surface area contributed by atoms with Crippen LogP contribution in [0.2, 0.25) is 0 Å². The molecule has 1 aliphatic carbocycles. The molecule has 3 rings (SSSR count). The average Bonchev–Trinajstić information content (AvgIpc) is 2.75. The molecule has 5 heteroatoms. The van der Waals surface area contributed by atoms with Crippen molar-refractivity contribution in [1.82, 2.24) is 10.6 Å². The third-order valence-electron chi connectivity index (χ3n) is 5.56. The van der Waals surface area contributed by atoms with E-state index in [0.29, 0.717) is 38.2 Å². The largest absolute Gasteiger partial charge is 0.507 e. The second kappa shape index (κ2) is 12.8. The highest BCUT2D eigenvalue weighted by molar-refractivity contribution is 5.76. The van der Waals surface area contributed by atoms with E-state index in [1.165, 1.54) is 19.3 Å². The van der Waals surface area contributed by atoms with Crippen molar-refractivity contribution < 1.29 is 14.6 Å². The highest BCUT2D eigenvalue weighted by Crippen LogP contribution is 2.29. The van der Waals surface area contributed by atoms with Crippen molar-refractivity contribution in [3.8, 4) is 17.6 Å². The summed E-state index contributed by atoms with van der Waals surface area (Å²) in [6.07, 6.45) is 5.64. The minimum Gasteiger partial charge on any atom is -0.507 e. The number of phenolic OH excluding ortho intramolecular Hbond substituents is 1. The predicted octanol–water partition coefficient (Wildman–Crippen LogP) is 3.59. The minimum absolute atomic E-state index is 0.0303. The number of hydrogen-bond acceptors (Lipinski definition) is 4. The number of benzene rings is 2. The topological polar surface area (TPSA) is 70.6 Å². The molecule has 1 saturated carbocycles. The summed E-state index contributed by atoms with van der Waals surface area (Å²) in [5.74, 6) is 7.23. The van der Waals surface area contributed by atoms with Crippen molar-refractivity contribution >= 4 is 5.91 Å². The monoisotopic (exact) mass is 420 g/mol. The van der Waals surface area contributed by atoms with Crippen molar-refractivity contribution in [1.29, 1.82) is 0 Å². The van der Waals surface area contributed by atoms with Gasteiger partial charge in [-0.3, -0.25) is 4.79 Å². The van der Waals surface area contributed by atoms with Crippen molar-refractivity contribution in [3.05, 3.63) is 65.2 Å². The Morgan fingerprint density at radius 1 is 1.00 bits per heavy atom. The van der Waals surface area contributed by atoms with Gasteiger partial charge in [-0.05, 0) is 36.1 Å². The van der Waals surface area contributed by atoms with Crippen LogP contribution in [-0.4, -0.2) is 37.3 Å². The van der Waals surface area contributed by atoms with E-state index in [2.05, 4.69) is 22.5 Å². The Balaban J connectivity index is 1.32. The number of hydrogen-bond donors (Lipinski definition) is 3. The third-order valence-corrected chi connectivity index (χ3v) is 5.56. The maximum Gasteiger partial charge on any atom is 0.221 e. The second-order valence-corrected chi connectivity index (χ2v) is 7.90. The van der Waals surface area contributed by atoms with Crippen LogP contribution >= 0.6 is 0 Å². The molecule has 0 bridgehead atoms. The van der Waals surface area contributed by atoms with E-state index >= 15 is 0 Å². The number of aromatic hydroxyl groups is 1. The van der Waals surface area contributed by atoms with Gasteiger partial charge in [0.2, 0.25) is 5.91 Å². The molecule has 0 radical (unpaired) electrons. The maximum absolute atomic E-state index is 12.0. The van der Waals surface area contributed by atoms with Crippen LogP contribution in [0.1, 0.15) is 48.8 Å². The first-order valence-electron chi connectivity index (χ1n) is 11.2. The summed E-state index contributed by atoms with van der Waals surface area (Å²) >= 11 is 0. The highest BCUT2D eigenvalue weighted by Gasteiger charge is 2.16. The number of carbonyl (C=O) groups excluding carboxylic acids is 1. The molecule has 0 aliphatic heterocycles. The van der Waals surface area contributed by atoms with Crippen molar-refractivity contribution in [2.75, 3.05) is 26.3 Å². The van der Waals surface area contributed by atoms with Crippen LogP contribution in [-0.2, 0) is 16.1 Å². The molecule has 1 aliphatic rings. The molecule has 0 spiro atoms. The lowest BCUT2D eigenvalue weighted by Crippen LogP contribution is -2.30. The van der Waals surface area contributed by atoms with Gasteiger partial charge in [0.05, 0.1) is 12.2 Å². The lowest BCUT2D eigenvalue weighted by molar-refractivity contribution is -0.121. The normalized spacial score (nSPS) is 13.2. The van der Waals surface area contributed by atoms with Crippen LogP contribution in [0, 0.1) is 17.8 Å². The number of phenols is 1. The van der Waals surface area contributed by atoms with Crippen LogP contribution in [0.5, 0.6) is 5.75 Å². The summed E-state index contributed by atoms with van der Waals surface area (Å²) in [5, 5.41) is 16.1. The van der Waals surface area contributed by atoms with E-state index in [0.717, 1.165) is 30.1 Å². The van der Waals surface area contributed by atoms with Gasteiger partial charge in [-0.15, -0.1) is 0 Å². The first kappa shape index (κ1) is 22.9. The third kappa shape index (κ3) is 8.09. The summed E-state index contributed by atoms with van der Waals surface area (Å²) in [5.41, 5.74) is 2.57. The SMILES string of the molecule is O=C(CCNCc1ccccc1C#Cc1ccccc1O)NCCOCCC1CCC1. The molecule has 0 heterocycles. The summed E-state index contributed by atoms with van der Waals surface area (Å²) in [6.45, 7) is 3.16.